The third-order valence-corrected chi connectivity index (χ3v) is 3.17. The molecular formula is C12H14FN3. The van der Waals surface area contributed by atoms with Crippen LogP contribution in [-0.4, -0.2) is 22.9 Å². The molecule has 84 valence electrons. The van der Waals surface area contributed by atoms with Gasteiger partial charge in [0.2, 0.25) is 0 Å². The molecule has 2 aromatic rings. The molecule has 1 saturated heterocycles. The lowest BCUT2D eigenvalue weighted by Gasteiger charge is -2.23. The van der Waals surface area contributed by atoms with Crippen molar-refractivity contribution in [2.45, 2.75) is 18.9 Å². The van der Waals surface area contributed by atoms with E-state index in [1.807, 2.05) is 10.7 Å². The van der Waals surface area contributed by atoms with Crippen molar-refractivity contribution in [1.29, 1.82) is 0 Å². The van der Waals surface area contributed by atoms with Crippen molar-refractivity contribution in [2.75, 3.05) is 13.1 Å². The van der Waals surface area contributed by atoms with Gasteiger partial charge in [-0.15, -0.1) is 0 Å². The Morgan fingerprint density at radius 2 is 2.38 bits per heavy atom. The predicted molar refractivity (Wildman–Crippen MR) is 60.8 cm³/mol. The fourth-order valence-electron chi connectivity index (χ4n) is 2.36. The highest BCUT2D eigenvalue weighted by molar-refractivity contribution is 5.78. The molecule has 3 rings (SSSR count). The number of benzene rings is 1. The maximum atomic E-state index is 13.0. The molecule has 1 aliphatic heterocycles. The first kappa shape index (κ1) is 9.78. The van der Waals surface area contributed by atoms with E-state index in [1.165, 1.54) is 18.6 Å². The number of nitrogens with one attached hydrogen (secondary N) is 1. The smallest absolute Gasteiger partial charge is 0.124 e. The maximum absolute atomic E-state index is 13.0. The van der Waals surface area contributed by atoms with Gasteiger partial charge in [-0.2, -0.15) is 5.10 Å². The van der Waals surface area contributed by atoms with Gasteiger partial charge in [0.1, 0.15) is 5.82 Å². The molecule has 4 heteroatoms. The Hall–Kier alpha value is -1.42. The SMILES string of the molecule is Fc1ccc2c(cnn2C2CCCNC2)c1. The Kier molecular flexibility index (Phi) is 2.36. The Bertz CT molecular complexity index is 500. The van der Waals surface area contributed by atoms with Crippen molar-refractivity contribution in [2.24, 2.45) is 0 Å². The van der Waals surface area contributed by atoms with Gasteiger partial charge in [-0.25, -0.2) is 4.39 Å². The van der Waals surface area contributed by atoms with Crippen LogP contribution < -0.4 is 5.32 Å². The molecule has 2 heterocycles. The molecule has 0 radical (unpaired) electrons. The number of fused-ring (bicyclic) bond motifs is 1. The summed E-state index contributed by atoms with van der Waals surface area (Å²) in [5.74, 6) is -0.200. The normalized spacial score (nSPS) is 21.4. The van der Waals surface area contributed by atoms with E-state index in [-0.39, 0.29) is 5.82 Å². The number of aromatic nitrogens is 2. The van der Waals surface area contributed by atoms with Gasteiger partial charge in [-0.3, -0.25) is 4.68 Å². The minimum atomic E-state index is -0.200. The summed E-state index contributed by atoms with van der Waals surface area (Å²) in [5, 5.41) is 8.61. The van der Waals surface area contributed by atoms with Crippen LogP contribution in [0.5, 0.6) is 0 Å². The van der Waals surface area contributed by atoms with Crippen molar-refractivity contribution in [1.82, 2.24) is 15.1 Å². The highest BCUT2D eigenvalue weighted by Crippen LogP contribution is 2.22. The van der Waals surface area contributed by atoms with Crippen LogP contribution in [0, 0.1) is 5.82 Å². The van der Waals surface area contributed by atoms with Crippen LogP contribution in [0.2, 0.25) is 0 Å². The average Bonchev–Trinajstić information content (AvgIpc) is 2.73. The van der Waals surface area contributed by atoms with Crippen molar-refractivity contribution in [3.8, 4) is 0 Å². The predicted octanol–water partition coefficient (Wildman–Crippen LogP) is 2.10. The van der Waals surface area contributed by atoms with Crippen LogP contribution in [0.25, 0.3) is 10.9 Å². The Balaban J connectivity index is 2.03. The highest BCUT2D eigenvalue weighted by Gasteiger charge is 2.17. The zero-order chi connectivity index (χ0) is 11.0. The number of hydrogen-bond acceptors (Lipinski definition) is 2. The summed E-state index contributed by atoms with van der Waals surface area (Å²) in [4.78, 5) is 0. The van der Waals surface area contributed by atoms with Crippen molar-refractivity contribution < 1.29 is 4.39 Å². The molecule has 1 N–H and O–H groups in total. The van der Waals surface area contributed by atoms with Crippen LogP contribution in [0.3, 0.4) is 0 Å². The van der Waals surface area contributed by atoms with Crippen molar-refractivity contribution in [3.63, 3.8) is 0 Å². The second kappa shape index (κ2) is 3.87. The lowest BCUT2D eigenvalue weighted by molar-refractivity contribution is 0.355. The van der Waals surface area contributed by atoms with E-state index in [1.54, 1.807) is 6.20 Å². The number of nitrogens with zero attached hydrogens (tertiary/aromatic N) is 2. The van der Waals surface area contributed by atoms with Gasteiger partial charge in [0.15, 0.2) is 0 Å². The molecule has 1 aromatic heterocycles. The van der Waals surface area contributed by atoms with Gasteiger partial charge in [0.05, 0.1) is 17.8 Å². The third-order valence-electron chi connectivity index (χ3n) is 3.17. The minimum Gasteiger partial charge on any atom is -0.315 e. The monoisotopic (exact) mass is 219 g/mol. The number of hydrogen-bond donors (Lipinski definition) is 1. The van der Waals surface area contributed by atoms with Gasteiger partial charge < -0.3 is 5.32 Å². The lowest BCUT2D eigenvalue weighted by atomic mass is 10.1. The first-order valence-electron chi connectivity index (χ1n) is 5.68. The van der Waals surface area contributed by atoms with E-state index in [0.717, 1.165) is 30.4 Å². The highest BCUT2D eigenvalue weighted by atomic mass is 19.1. The molecule has 0 spiro atoms. The van der Waals surface area contributed by atoms with E-state index < -0.39 is 0 Å². The Labute approximate surface area is 93.3 Å². The minimum absolute atomic E-state index is 0.200. The summed E-state index contributed by atoms with van der Waals surface area (Å²) in [6, 6.07) is 5.25. The van der Waals surface area contributed by atoms with Gasteiger partial charge in [0.25, 0.3) is 0 Å². The molecule has 1 fully saturated rings. The standard InChI is InChI=1S/C12H14FN3/c13-10-3-4-12-9(6-10)7-15-16(12)11-2-1-5-14-8-11/h3-4,6-7,11,14H,1-2,5,8H2. The van der Waals surface area contributed by atoms with Gasteiger partial charge in [-0.05, 0) is 37.6 Å². The van der Waals surface area contributed by atoms with Gasteiger partial charge >= 0.3 is 0 Å². The van der Waals surface area contributed by atoms with Crippen LogP contribution in [0.4, 0.5) is 4.39 Å². The molecule has 0 aliphatic carbocycles. The third kappa shape index (κ3) is 1.59. The Morgan fingerprint density at radius 1 is 1.44 bits per heavy atom. The second-order valence-corrected chi connectivity index (χ2v) is 4.29. The number of piperidine rings is 1. The second-order valence-electron chi connectivity index (χ2n) is 4.29. The van der Waals surface area contributed by atoms with Gasteiger partial charge in [-0.1, -0.05) is 0 Å². The number of halogens is 1. The van der Waals surface area contributed by atoms with Crippen LogP contribution in [0.15, 0.2) is 24.4 Å². The molecule has 0 bridgehead atoms. The van der Waals surface area contributed by atoms with E-state index in [0.29, 0.717) is 6.04 Å². The maximum Gasteiger partial charge on any atom is 0.124 e. The zero-order valence-electron chi connectivity index (χ0n) is 8.99. The Morgan fingerprint density at radius 3 is 3.19 bits per heavy atom. The summed E-state index contributed by atoms with van der Waals surface area (Å²) < 4.78 is 15.1. The van der Waals surface area contributed by atoms with Crippen LogP contribution >= 0.6 is 0 Å². The number of rotatable bonds is 1. The summed E-state index contributed by atoms with van der Waals surface area (Å²) in [5.41, 5.74) is 1.02. The summed E-state index contributed by atoms with van der Waals surface area (Å²) in [6.45, 7) is 2.04. The van der Waals surface area contributed by atoms with E-state index in [4.69, 9.17) is 0 Å². The molecule has 1 unspecified atom stereocenters. The summed E-state index contributed by atoms with van der Waals surface area (Å²) in [6.07, 6.45) is 4.06. The first-order chi connectivity index (χ1) is 7.84. The zero-order valence-corrected chi connectivity index (χ0v) is 8.99. The van der Waals surface area contributed by atoms with Crippen LogP contribution in [0.1, 0.15) is 18.9 Å². The van der Waals surface area contributed by atoms with E-state index >= 15 is 0 Å². The molecule has 0 amide bonds. The van der Waals surface area contributed by atoms with Gasteiger partial charge in [0, 0.05) is 11.9 Å². The molecule has 1 aromatic carbocycles. The molecule has 1 aliphatic rings. The molecule has 0 saturated carbocycles. The molecule has 3 nitrogen and oxygen atoms in total. The fraction of sp³-hybridized carbons (Fsp3) is 0.417. The molecule has 16 heavy (non-hydrogen) atoms. The van der Waals surface area contributed by atoms with E-state index in [2.05, 4.69) is 10.4 Å². The lowest BCUT2D eigenvalue weighted by Crippen LogP contribution is -2.32. The quantitative estimate of drug-likeness (QED) is 0.796. The molecular weight excluding hydrogens is 205 g/mol. The van der Waals surface area contributed by atoms with Crippen molar-refractivity contribution in [3.05, 3.63) is 30.2 Å². The van der Waals surface area contributed by atoms with Crippen molar-refractivity contribution >= 4 is 10.9 Å². The van der Waals surface area contributed by atoms with E-state index in [9.17, 15) is 4.39 Å². The molecule has 1 atom stereocenters. The first-order valence-corrected chi connectivity index (χ1v) is 5.68. The van der Waals surface area contributed by atoms with Crippen LogP contribution in [-0.2, 0) is 0 Å². The summed E-state index contributed by atoms with van der Waals surface area (Å²) in [7, 11) is 0. The fourth-order valence-corrected chi connectivity index (χ4v) is 2.36. The topological polar surface area (TPSA) is 29.9 Å². The average molecular weight is 219 g/mol. The summed E-state index contributed by atoms with van der Waals surface area (Å²) >= 11 is 0. The largest absolute Gasteiger partial charge is 0.315 e.